The molecule has 0 atom stereocenters. The van der Waals surface area contributed by atoms with Crippen LogP contribution in [-0.4, -0.2) is 52.3 Å². The van der Waals surface area contributed by atoms with Crippen molar-refractivity contribution in [3.8, 4) is 11.4 Å². The maximum absolute atomic E-state index is 12.8. The molecule has 0 saturated carbocycles. The van der Waals surface area contributed by atoms with E-state index in [1.165, 1.54) is 11.5 Å². The first-order chi connectivity index (χ1) is 12.1. The predicted octanol–water partition coefficient (Wildman–Crippen LogP) is 1.58. The Kier molecular flexibility index (Phi) is 5.44. The summed E-state index contributed by atoms with van der Waals surface area (Å²) >= 11 is 6.41. The van der Waals surface area contributed by atoms with Crippen molar-refractivity contribution in [3.05, 3.63) is 34.6 Å². The van der Waals surface area contributed by atoms with Crippen LogP contribution in [0.2, 0.25) is 0 Å². The molecule has 1 aliphatic heterocycles. The smallest absolute Gasteiger partial charge is 0.277 e. The third-order valence-electron chi connectivity index (χ3n) is 3.87. The van der Waals surface area contributed by atoms with E-state index < -0.39 is 0 Å². The number of carbonyl (C=O) groups excluding carboxylic acids is 1. The van der Waals surface area contributed by atoms with E-state index in [4.69, 9.17) is 17.0 Å². The van der Waals surface area contributed by atoms with Gasteiger partial charge in [0.2, 0.25) is 0 Å². The van der Waals surface area contributed by atoms with E-state index in [0.29, 0.717) is 15.5 Å². The van der Waals surface area contributed by atoms with E-state index in [-0.39, 0.29) is 5.91 Å². The van der Waals surface area contributed by atoms with E-state index in [1.807, 2.05) is 29.2 Å². The molecule has 1 aromatic heterocycles. The maximum Gasteiger partial charge on any atom is 0.277 e. The Morgan fingerprint density at radius 3 is 2.60 bits per heavy atom. The third-order valence-corrected chi connectivity index (χ3v) is 5.09. The normalized spacial score (nSPS) is 14.6. The van der Waals surface area contributed by atoms with Crippen molar-refractivity contribution >= 4 is 34.8 Å². The largest absolute Gasteiger partial charge is 0.497 e. The quantitative estimate of drug-likeness (QED) is 0.823. The number of methoxy groups -OCH3 is 1. The summed E-state index contributed by atoms with van der Waals surface area (Å²) in [6.45, 7) is 1.52. The fraction of sp³-hybridized carbons (Fsp3) is 0.375. The van der Waals surface area contributed by atoms with Crippen LogP contribution < -0.4 is 14.7 Å². The SMILES string of the molecule is CNC(=S)N=c1sn(-c2ccc(OC)cc2)nc1C(=O)N1CCCC1. The summed E-state index contributed by atoms with van der Waals surface area (Å²) in [6, 6.07) is 7.46. The first-order valence-corrected chi connectivity index (χ1v) is 9.11. The molecule has 7 nitrogen and oxygen atoms in total. The first-order valence-electron chi connectivity index (χ1n) is 7.93. The lowest BCUT2D eigenvalue weighted by Gasteiger charge is -2.12. The summed E-state index contributed by atoms with van der Waals surface area (Å²) < 4.78 is 7.36. The van der Waals surface area contributed by atoms with Crippen LogP contribution in [0.15, 0.2) is 29.3 Å². The molecule has 0 spiro atoms. The maximum atomic E-state index is 12.8. The van der Waals surface area contributed by atoms with Crippen LogP contribution in [0.4, 0.5) is 0 Å². The van der Waals surface area contributed by atoms with Gasteiger partial charge in [-0.05, 0) is 60.9 Å². The van der Waals surface area contributed by atoms with Gasteiger partial charge in [0.25, 0.3) is 5.91 Å². The fourth-order valence-electron chi connectivity index (χ4n) is 2.53. The zero-order valence-electron chi connectivity index (χ0n) is 14.1. The van der Waals surface area contributed by atoms with Gasteiger partial charge in [0.1, 0.15) is 5.75 Å². The molecule has 1 amide bonds. The highest BCUT2D eigenvalue weighted by molar-refractivity contribution is 7.80. The predicted molar refractivity (Wildman–Crippen MR) is 100 cm³/mol. The number of likely N-dealkylation sites (tertiary alicyclic amines) is 1. The van der Waals surface area contributed by atoms with Gasteiger partial charge in [-0.1, -0.05) is 0 Å². The van der Waals surface area contributed by atoms with Crippen LogP contribution in [-0.2, 0) is 0 Å². The molecule has 2 heterocycles. The van der Waals surface area contributed by atoms with Crippen LogP contribution in [0.25, 0.3) is 5.69 Å². The van der Waals surface area contributed by atoms with E-state index in [9.17, 15) is 4.79 Å². The summed E-state index contributed by atoms with van der Waals surface area (Å²) in [6.07, 6.45) is 2.05. The standard InChI is InChI=1S/C16H19N5O2S2/c1-17-16(24)18-14-13(15(22)20-9-3-4-10-20)19-21(25-14)11-5-7-12(23-2)8-6-11/h5-8H,3-4,9-10H2,1-2H3,(H,17,24). The van der Waals surface area contributed by atoms with Crippen molar-refractivity contribution in [1.29, 1.82) is 0 Å². The molecule has 0 unspecified atom stereocenters. The van der Waals surface area contributed by atoms with Crippen LogP contribution >= 0.6 is 23.8 Å². The van der Waals surface area contributed by atoms with E-state index in [1.54, 1.807) is 18.2 Å². The Hall–Kier alpha value is -2.26. The number of nitrogens with one attached hydrogen (secondary N) is 1. The number of nitrogens with zero attached hydrogens (tertiary/aromatic N) is 4. The second kappa shape index (κ2) is 7.75. The van der Waals surface area contributed by atoms with Gasteiger partial charge in [-0.3, -0.25) is 4.79 Å². The van der Waals surface area contributed by atoms with Crippen molar-refractivity contribution < 1.29 is 9.53 Å². The molecule has 1 saturated heterocycles. The highest BCUT2D eigenvalue weighted by atomic mass is 32.1. The number of amides is 1. The van der Waals surface area contributed by atoms with Gasteiger partial charge < -0.3 is 15.0 Å². The van der Waals surface area contributed by atoms with Crippen molar-refractivity contribution in [2.75, 3.05) is 27.2 Å². The van der Waals surface area contributed by atoms with Crippen LogP contribution in [0.5, 0.6) is 5.75 Å². The average molecular weight is 377 g/mol. The van der Waals surface area contributed by atoms with Crippen molar-refractivity contribution in [2.45, 2.75) is 12.8 Å². The molecular weight excluding hydrogens is 358 g/mol. The van der Waals surface area contributed by atoms with Gasteiger partial charge in [-0.2, -0.15) is 4.07 Å². The minimum Gasteiger partial charge on any atom is -0.497 e. The monoisotopic (exact) mass is 377 g/mol. The third kappa shape index (κ3) is 3.88. The second-order valence-corrected chi connectivity index (χ2v) is 6.78. The van der Waals surface area contributed by atoms with Gasteiger partial charge in [0.05, 0.1) is 12.8 Å². The lowest BCUT2D eigenvalue weighted by molar-refractivity contribution is 0.0785. The minimum atomic E-state index is -0.0985. The summed E-state index contributed by atoms with van der Waals surface area (Å²) in [5, 5.41) is 7.62. The van der Waals surface area contributed by atoms with Crippen molar-refractivity contribution in [3.63, 3.8) is 0 Å². The lowest BCUT2D eigenvalue weighted by atomic mass is 10.3. The summed E-state index contributed by atoms with van der Waals surface area (Å²) in [7, 11) is 3.32. The van der Waals surface area contributed by atoms with Crippen LogP contribution in [0, 0.1) is 0 Å². The molecule has 25 heavy (non-hydrogen) atoms. The Balaban J connectivity index is 2.02. The molecule has 3 rings (SSSR count). The molecule has 1 aliphatic rings. The minimum absolute atomic E-state index is 0.0985. The molecule has 9 heteroatoms. The summed E-state index contributed by atoms with van der Waals surface area (Å²) in [4.78, 5) is 18.9. The molecular formula is C16H19N5O2S2. The average Bonchev–Trinajstić information content (AvgIpc) is 3.31. The number of benzene rings is 1. The zero-order valence-corrected chi connectivity index (χ0v) is 15.7. The van der Waals surface area contributed by atoms with Gasteiger partial charge in [0.15, 0.2) is 15.5 Å². The zero-order chi connectivity index (χ0) is 17.8. The van der Waals surface area contributed by atoms with Gasteiger partial charge in [-0.15, -0.1) is 5.10 Å². The van der Waals surface area contributed by atoms with E-state index in [2.05, 4.69) is 15.4 Å². The number of hydrogen-bond acceptors (Lipinski definition) is 5. The molecule has 0 bridgehead atoms. The molecule has 0 aliphatic carbocycles. The number of hydrogen-bond donors (Lipinski definition) is 1. The fourth-order valence-corrected chi connectivity index (χ4v) is 3.53. The Bertz CT molecular complexity index is 835. The lowest BCUT2D eigenvalue weighted by Crippen LogP contribution is -2.32. The highest BCUT2D eigenvalue weighted by Gasteiger charge is 2.24. The van der Waals surface area contributed by atoms with Crippen molar-refractivity contribution in [2.24, 2.45) is 4.99 Å². The molecule has 0 radical (unpaired) electrons. The Morgan fingerprint density at radius 2 is 2.00 bits per heavy atom. The topological polar surface area (TPSA) is 71.7 Å². The van der Waals surface area contributed by atoms with E-state index >= 15 is 0 Å². The number of carbonyl (C=O) groups is 1. The molecule has 1 N–H and O–H groups in total. The van der Waals surface area contributed by atoms with Crippen LogP contribution in [0.1, 0.15) is 23.3 Å². The molecule has 2 aromatic rings. The second-order valence-electron chi connectivity index (χ2n) is 5.48. The highest BCUT2D eigenvalue weighted by Crippen LogP contribution is 2.16. The summed E-state index contributed by atoms with van der Waals surface area (Å²) in [5.41, 5.74) is 1.17. The van der Waals surface area contributed by atoms with Gasteiger partial charge in [-0.25, -0.2) is 4.99 Å². The first kappa shape index (κ1) is 17.6. The van der Waals surface area contributed by atoms with Gasteiger partial charge in [0, 0.05) is 20.1 Å². The number of ether oxygens (including phenoxy) is 1. The summed E-state index contributed by atoms with van der Waals surface area (Å²) in [5.74, 6) is 0.661. The molecule has 132 valence electrons. The number of thiocarbonyl (C=S) groups is 1. The Labute approximate surface area is 155 Å². The van der Waals surface area contributed by atoms with Crippen molar-refractivity contribution in [1.82, 2.24) is 19.4 Å². The van der Waals surface area contributed by atoms with Gasteiger partial charge >= 0.3 is 0 Å². The molecule has 1 aromatic carbocycles. The number of rotatable bonds is 3. The van der Waals surface area contributed by atoms with E-state index in [0.717, 1.165) is 37.4 Å². The van der Waals surface area contributed by atoms with Crippen LogP contribution in [0.3, 0.4) is 0 Å². The Morgan fingerprint density at radius 1 is 1.32 bits per heavy atom. The molecule has 1 fully saturated rings. The number of aromatic nitrogens is 2.